The molecule has 3 fully saturated rings. The van der Waals surface area contributed by atoms with E-state index in [1.54, 1.807) is 17.2 Å². The fraction of sp³-hybridized carbons (Fsp3) is 0.522. The van der Waals surface area contributed by atoms with Crippen LogP contribution in [0.1, 0.15) is 12.0 Å². The van der Waals surface area contributed by atoms with E-state index in [1.165, 1.54) is 16.6 Å². The summed E-state index contributed by atoms with van der Waals surface area (Å²) in [4.78, 5) is 33.3. The van der Waals surface area contributed by atoms with Crippen LogP contribution in [-0.4, -0.2) is 77.7 Å². The van der Waals surface area contributed by atoms with E-state index in [1.807, 2.05) is 18.2 Å². The summed E-state index contributed by atoms with van der Waals surface area (Å²) in [5.74, 6) is 1.06. The van der Waals surface area contributed by atoms with Gasteiger partial charge in [-0.2, -0.15) is 4.98 Å². The molecule has 9 heteroatoms. The van der Waals surface area contributed by atoms with Gasteiger partial charge in [0.25, 0.3) is 0 Å². The van der Waals surface area contributed by atoms with E-state index in [4.69, 9.17) is 5.73 Å². The first-order chi connectivity index (χ1) is 15.6. The van der Waals surface area contributed by atoms with Crippen molar-refractivity contribution in [1.29, 1.82) is 0 Å². The van der Waals surface area contributed by atoms with Gasteiger partial charge in [0.05, 0.1) is 5.69 Å². The van der Waals surface area contributed by atoms with Crippen LogP contribution in [0.2, 0.25) is 0 Å². The molecule has 32 heavy (non-hydrogen) atoms. The van der Waals surface area contributed by atoms with Crippen LogP contribution in [0.4, 0.5) is 10.6 Å². The first kappa shape index (κ1) is 21.1. The van der Waals surface area contributed by atoms with Crippen molar-refractivity contribution in [2.75, 3.05) is 57.7 Å². The van der Waals surface area contributed by atoms with Crippen LogP contribution >= 0.6 is 0 Å². The van der Waals surface area contributed by atoms with Gasteiger partial charge in [-0.15, -0.1) is 0 Å². The van der Waals surface area contributed by atoms with Gasteiger partial charge in [0.2, 0.25) is 0 Å². The number of anilines is 1. The molecule has 0 radical (unpaired) electrons. The first-order valence-corrected chi connectivity index (χ1v) is 11.4. The van der Waals surface area contributed by atoms with Gasteiger partial charge >= 0.3 is 11.7 Å². The van der Waals surface area contributed by atoms with E-state index in [0.29, 0.717) is 18.5 Å². The minimum absolute atomic E-state index is 0.228. The normalized spacial score (nSPS) is 24.9. The van der Waals surface area contributed by atoms with E-state index in [-0.39, 0.29) is 11.8 Å². The summed E-state index contributed by atoms with van der Waals surface area (Å²) in [5, 5.41) is 5.94. The number of hydrogen-bond donors (Lipinski definition) is 3. The fourth-order valence-corrected chi connectivity index (χ4v) is 5.06. The third-order valence-electron chi connectivity index (χ3n) is 7.13. The second kappa shape index (κ2) is 8.65. The highest BCUT2D eigenvalue weighted by Crippen LogP contribution is 2.56. The molecule has 4 N–H and O–H groups in total. The average Bonchev–Trinajstić information content (AvgIpc) is 3.39. The third kappa shape index (κ3) is 4.28. The van der Waals surface area contributed by atoms with Crippen molar-refractivity contribution in [3.05, 3.63) is 52.6 Å². The topological polar surface area (TPSA) is 109 Å². The number of urea groups is 1. The van der Waals surface area contributed by atoms with Gasteiger partial charge in [-0.05, 0) is 54.5 Å². The molecule has 2 aliphatic heterocycles. The number of likely N-dealkylation sites (tertiary alicyclic amines) is 1. The number of nitrogens with zero attached hydrogens (tertiary/aromatic N) is 4. The molecule has 0 bridgehead atoms. The van der Waals surface area contributed by atoms with Crippen LogP contribution in [0.5, 0.6) is 0 Å². The molecule has 3 heterocycles. The maximum atomic E-state index is 12.6. The number of carbonyl (C=O) groups excluding carboxylic acids is 1. The summed E-state index contributed by atoms with van der Waals surface area (Å²) in [6.07, 6.45) is 3.89. The van der Waals surface area contributed by atoms with Gasteiger partial charge < -0.3 is 20.9 Å². The summed E-state index contributed by atoms with van der Waals surface area (Å²) in [6.45, 7) is 6.88. The van der Waals surface area contributed by atoms with Crippen molar-refractivity contribution in [2.24, 2.45) is 17.1 Å². The number of hydrogen-bond acceptors (Lipinski definition) is 6. The Kier molecular flexibility index (Phi) is 5.71. The van der Waals surface area contributed by atoms with Crippen LogP contribution in [-0.2, 0) is 6.42 Å². The Morgan fingerprint density at radius 3 is 2.88 bits per heavy atom. The van der Waals surface area contributed by atoms with E-state index < -0.39 is 5.69 Å². The number of fused-ring (bicyclic) bond motifs is 1. The van der Waals surface area contributed by atoms with Crippen molar-refractivity contribution in [1.82, 2.24) is 24.7 Å². The van der Waals surface area contributed by atoms with E-state index in [9.17, 15) is 9.59 Å². The average molecular weight is 438 g/mol. The maximum absolute atomic E-state index is 12.6. The number of rotatable bonds is 6. The predicted molar refractivity (Wildman–Crippen MR) is 123 cm³/mol. The van der Waals surface area contributed by atoms with Crippen LogP contribution in [0.25, 0.3) is 5.69 Å². The number of aromatic nitrogens is 2. The number of benzene rings is 1. The molecule has 9 nitrogen and oxygen atoms in total. The molecule has 1 aromatic carbocycles. The molecule has 2 amide bonds. The van der Waals surface area contributed by atoms with Gasteiger partial charge in [0, 0.05) is 52.0 Å². The Bertz CT molecular complexity index is 1040. The summed E-state index contributed by atoms with van der Waals surface area (Å²) >= 11 is 0. The molecule has 5 rings (SSSR count). The lowest BCUT2D eigenvalue weighted by Gasteiger charge is -2.27. The number of piperazine rings is 1. The van der Waals surface area contributed by atoms with Crippen molar-refractivity contribution in [3.8, 4) is 5.69 Å². The second-order valence-corrected chi connectivity index (χ2v) is 9.26. The molecule has 170 valence electrons. The fourth-order valence-electron chi connectivity index (χ4n) is 5.06. The highest BCUT2D eigenvalue weighted by Gasteiger charge is 2.58. The third-order valence-corrected chi connectivity index (χ3v) is 7.13. The zero-order valence-corrected chi connectivity index (χ0v) is 18.3. The highest BCUT2D eigenvalue weighted by atomic mass is 16.2. The molecule has 3 aliphatic rings. The Morgan fingerprint density at radius 1 is 1.28 bits per heavy atom. The minimum Gasteiger partial charge on any atom is -0.330 e. The monoisotopic (exact) mass is 437 g/mol. The molecule has 1 aromatic heterocycles. The van der Waals surface area contributed by atoms with Gasteiger partial charge in [0.15, 0.2) is 0 Å². The van der Waals surface area contributed by atoms with Crippen LogP contribution < -0.4 is 22.1 Å². The van der Waals surface area contributed by atoms with Crippen LogP contribution in [0.15, 0.2) is 41.3 Å². The predicted octanol–water partition coefficient (Wildman–Crippen LogP) is 0.493. The smallest absolute Gasteiger partial charge is 0.330 e. The SMILES string of the molecule is NCC12CC1CN(CCc1cccc(-n3ccc(NC(=O)N4CCNCC4)nc3=O)c1)C2. The van der Waals surface area contributed by atoms with E-state index in [2.05, 4.69) is 26.6 Å². The quantitative estimate of drug-likeness (QED) is 0.607. The summed E-state index contributed by atoms with van der Waals surface area (Å²) in [5.41, 5.74) is 7.91. The summed E-state index contributed by atoms with van der Waals surface area (Å²) in [6, 6.07) is 9.45. The molecule has 2 atom stereocenters. The number of nitrogens with two attached hydrogens (primary N) is 1. The number of nitrogens with one attached hydrogen (secondary N) is 2. The largest absolute Gasteiger partial charge is 0.354 e. The lowest BCUT2D eigenvalue weighted by atomic mass is 10.1. The molecule has 2 aromatic rings. The summed E-state index contributed by atoms with van der Waals surface area (Å²) < 4.78 is 1.51. The first-order valence-electron chi connectivity index (χ1n) is 11.4. The molecular formula is C23H31N7O2. The van der Waals surface area contributed by atoms with Gasteiger partial charge in [-0.3, -0.25) is 9.88 Å². The molecule has 2 saturated heterocycles. The Balaban J connectivity index is 1.22. The Hall–Kier alpha value is -2.75. The van der Waals surface area contributed by atoms with Crippen LogP contribution in [0, 0.1) is 11.3 Å². The lowest BCUT2D eigenvalue weighted by molar-refractivity contribution is 0.204. The van der Waals surface area contributed by atoms with Gasteiger partial charge in [0.1, 0.15) is 5.82 Å². The van der Waals surface area contributed by atoms with Crippen molar-refractivity contribution in [2.45, 2.75) is 12.8 Å². The maximum Gasteiger partial charge on any atom is 0.354 e. The standard InChI is InChI=1S/C23H31N7O2/c24-15-23-13-18(23)14-28(16-23)8-4-17-2-1-3-19(12-17)30-9-5-20(27-22(30)32)26-21(31)29-10-6-25-7-11-29/h1-3,5,9,12,18,25H,4,6-8,10-11,13-16,24H2,(H,26,27,31,32). The second-order valence-electron chi connectivity index (χ2n) is 9.26. The number of piperidine rings is 1. The van der Waals surface area contributed by atoms with Crippen molar-refractivity contribution < 1.29 is 4.79 Å². The van der Waals surface area contributed by atoms with Gasteiger partial charge in [-0.1, -0.05) is 12.1 Å². The highest BCUT2D eigenvalue weighted by molar-refractivity contribution is 5.88. The number of carbonyl (C=O) groups is 1. The molecule has 1 aliphatic carbocycles. The van der Waals surface area contributed by atoms with E-state index >= 15 is 0 Å². The van der Waals surface area contributed by atoms with Crippen LogP contribution in [0.3, 0.4) is 0 Å². The van der Waals surface area contributed by atoms with Crippen molar-refractivity contribution >= 4 is 11.8 Å². The Labute approximate surface area is 187 Å². The molecule has 0 spiro atoms. The zero-order chi connectivity index (χ0) is 22.1. The Morgan fingerprint density at radius 2 is 2.12 bits per heavy atom. The molecule has 2 unspecified atom stereocenters. The van der Waals surface area contributed by atoms with Crippen molar-refractivity contribution in [3.63, 3.8) is 0 Å². The zero-order valence-electron chi connectivity index (χ0n) is 18.3. The molecule has 1 saturated carbocycles. The lowest BCUT2D eigenvalue weighted by Crippen LogP contribution is -2.48. The minimum atomic E-state index is -0.412. The number of amides is 2. The van der Waals surface area contributed by atoms with Gasteiger partial charge in [-0.25, -0.2) is 9.59 Å². The molecular weight excluding hydrogens is 406 g/mol. The summed E-state index contributed by atoms with van der Waals surface area (Å²) in [7, 11) is 0. The van der Waals surface area contributed by atoms with E-state index in [0.717, 1.165) is 57.3 Å².